The highest BCUT2D eigenvalue weighted by Crippen LogP contribution is 2.35. The molecule has 1 aliphatic rings. The Hall–Kier alpha value is -3.65. The van der Waals surface area contributed by atoms with Crippen molar-refractivity contribution in [3.63, 3.8) is 0 Å². The van der Waals surface area contributed by atoms with Crippen molar-refractivity contribution in [2.24, 2.45) is 5.73 Å². The van der Waals surface area contributed by atoms with E-state index in [0.29, 0.717) is 27.8 Å². The van der Waals surface area contributed by atoms with Crippen LogP contribution in [-0.4, -0.2) is 27.5 Å². The number of hydrogen-bond donors (Lipinski definition) is 3. The lowest BCUT2D eigenvalue weighted by Gasteiger charge is -2.24. The minimum absolute atomic E-state index is 0.0473. The molecule has 0 bridgehead atoms. The van der Waals surface area contributed by atoms with Crippen LogP contribution >= 0.6 is 11.6 Å². The maximum atomic E-state index is 12.9. The normalized spacial score (nSPS) is 15.3. The molecule has 2 heterocycles. The van der Waals surface area contributed by atoms with Crippen molar-refractivity contribution >= 4 is 40.8 Å². The fourth-order valence-electron chi connectivity index (χ4n) is 3.40. The summed E-state index contributed by atoms with van der Waals surface area (Å²) in [5, 5.41) is 10.7. The Morgan fingerprint density at radius 1 is 1.23 bits per heavy atom. The Labute approximate surface area is 177 Å². The lowest BCUT2D eigenvalue weighted by Crippen LogP contribution is -2.35. The molecule has 2 aromatic carbocycles. The number of amides is 3. The highest BCUT2D eigenvalue weighted by molar-refractivity contribution is 6.30. The molecule has 1 unspecified atom stereocenters. The van der Waals surface area contributed by atoms with Crippen LogP contribution in [-0.2, 0) is 9.59 Å². The molecule has 0 saturated heterocycles. The van der Waals surface area contributed by atoms with Crippen LogP contribution in [0.4, 0.5) is 11.5 Å². The van der Waals surface area contributed by atoms with Crippen LogP contribution in [0.2, 0.25) is 5.02 Å². The van der Waals surface area contributed by atoms with Crippen molar-refractivity contribution < 1.29 is 14.4 Å². The quantitative estimate of drug-likeness (QED) is 0.597. The van der Waals surface area contributed by atoms with Gasteiger partial charge >= 0.3 is 0 Å². The summed E-state index contributed by atoms with van der Waals surface area (Å²) in [4.78, 5) is 36.4. The Morgan fingerprint density at radius 2 is 1.97 bits per heavy atom. The predicted molar refractivity (Wildman–Crippen MR) is 113 cm³/mol. The number of benzene rings is 2. The second-order valence-corrected chi connectivity index (χ2v) is 7.41. The smallest absolute Gasteiger partial charge is 0.249 e. The van der Waals surface area contributed by atoms with Gasteiger partial charge in [-0.1, -0.05) is 23.7 Å². The largest absolute Gasteiger partial charge is 0.366 e. The first-order valence-corrected chi connectivity index (χ1v) is 9.57. The number of fused-ring (bicyclic) bond motifs is 1. The van der Waals surface area contributed by atoms with Crippen LogP contribution < -0.4 is 16.4 Å². The number of anilines is 2. The molecule has 0 radical (unpaired) electrons. The standard InChI is InChI=1S/C21H18ClN5O3/c1-11-18(13-3-2-4-14(22)9-13)26-27-16(10-17(28)25-20(11)27)21(30)24-15-7-5-12(6-8-15)19(23)29/h2-9,16H,10H2,1H3,(H2,23,29)(H,24,30)(H,25,28). The molecule has 4 rings (SSSR count). The van der Waals surface area contributed by atoms with Crippen LogP contribution in [0.3, 0.4) is 0 Å². The Bertz CT molecular complexity index is 1170. The SMILES string of the molecule is Cc1c(-c2cccc(Cl)c2)nn2c1NC(=O)CC2C(=O)Nc1ccc(C(N)=O)cc1. The summed E-state index contributed by atoms with van der Waals surface area (Å²) in [6.45, 7) is 1.83. The Morgan fingerprint density at radius 3 is 2.63 bits per heavy atom. The summed E-state index contributed by atoms with van der Waals surface area (Å²) in [6, 6.07) is 12.6. The molecule has 4 N–H and O–H groups in total. The minimum Gasteiger partial charge on any atom is -0.366 e. The van der Waals surface area contributed by atoms with Gasteiger partial charge < -0.3 is 16.4 Å². The molecular weight excluding hydrogens is 406 g/mol. The summed E-state index contributed by atoms with van der Waals surface area (Å²) >= 11 is 6.10. The van der Waals surface area contributed by atoms with Crippen molar-refractivity contribution in [1.82, 2.24) is 9.78 Å². The van der Waals surface area contributed by atoms with Crippen LogP contribution in [0.1, 0.15) is 28.4 Å². The second kappa shape index (κ2) is 7.64. The van der Waals surface area contributed by atoms with Gasteiger partial charge in [0.25, 0.3) is 0 Å². The van der Waals surface area contributed by atoms with Crippen LogP contribution in [0.15, 0.2) is 48.5 Å². The first-order valence-electron chi connectivity index (χ1n) is 9.19. The van der Waals surface area contributed by atoms with Gasteiger partial charge in [-0.25, -0.2) is 4.68 Å². The van der Waals surface area contributed by atoms with Crippen molar-refractivity contribution in [3.8, 4) is 11.3 Å². The zero-order valence-electron chi connectivity index (χ0n) is 16.0. The molecule has 9 heteroatoms. The van der Waals surface area contributed by atoms with E-state index in [2.05, 4.69) is 15.7 Å². The number of rotatable bonds is 4. The maximum Gasteiger partial charge on any atom is 0.249 e. The number of halogens is 1. The van der Waals surface area contributed by atoms with Crippen molar-refractivity contribution in [1.29, 1.82) is 0 Å². The number of nitrogens with zero attached hydrogens (tertiary/aromatic N) is 2. The van der Waals surface area contributed by atoms with Crippen molar-refractivity contribution in [2.45, 2.75) is 19.4 Å². The first-order chi connectivity index (χ1) is 14.3. The third kappa shape index (κ3) is 3.65. The summed E-state index contributed by atoms with van der Waals surface area (Å²) in [5.41, 5.74) is 8.22. The van der Waals surface area contributed by atoms with Gasteiger partial charge in [-0.15, -0.1) is 0 Å². The molecule has 0 fully saturated rings. The van der Waals surface area contributed by atoms with E-state index in [4.69, 9.17) is 17.3 Å². The lowest BCUT2D eigenvalue weighted by atomic mass is 10.1. The van der Waals surface area contributed by atoms with E-state index < -0.39 is 17.9 Å². The summed E-state index contributed by atoms with van der Waals surface area (Å²) in [5.74, 6) is -0.738. The first kappa shape index (κ1) is 19.7. The third-order valence-corrected chi connectivity index (χ3v) is 5.15. The van der Waals surface area contributed by atoms with Crippen molar-refractivity contribution in [2.75, 3.05) is 10.6 Å². The average Bonchev–Trinajstić information content (AvgIpc) is 3.04. The third-order valence-electron chi connectivity index (χ3n) is 4.92. The van der Waals surface area contributed by atoms with Gasteiger partial charge in [0.1, 0.15) is 11.9 Å². The molecule has 152 valence electrons. The lowest BCUT2D eigenvalue weighted by molar-refractivity contribution is -0.125. The predicted octanol–water partition coefficient (Wildman–Crippen LogP) is 3.13. The Balaban J connectivity index is 1.66. The number of hydrogen-bond acceptors (Lipinski definition) is 4. The van der Waals surface area contributed by atoms with E-state index in [9.17, 15) is 14.4 Å². The molecule has 1 atom stereocenters. The summed E-state index contributed by atoms with van der Waals surface area (Å²) < 4.78 is 1.53. The van der Waals surface area contributed by atoms with E-state index in [1.54, 1.807) is 24.3 Å². The highest BCUT2D eigenvalue weighted by Gasteiger charge is 2.34. The van der Waals surface area contributed by atoms with E-state index in [-0.39, 0.29) is 12.3 Å². The zero-order valence-corrected chi connectivity index (χ0v) is 16.7. The van der Waals surface area contributed by atoms with Gasteiger partial charge in [0.2, 0.25) is 17.7 Å². The van der Waals surface area contributed by atoms with Gasteiger partial charge in [-0.05, 0) is 43.3 Å². The molecule has 3 amide bonds. The number of nitrogens with one attached hydrogen (secondary N) is 2. The number of nitrogens with two attached hydrogens (primary N) is 1. The van der Waals surface area contributed by atoms with Gasteiger partial charge in [0, 0.05) is 27.4 Å². The molecule has 1 aromatic heterocycles. The molecule has 0 saturated carbocycles. The molecule has 0 spiro atoms. The molecular formula is C21H18ClN5O3. The maximum absolute atomic E-state index is 12.9. The number of carbonyl (C=O) groups excluding carboxylic acids is 3. The molecule has 30 heavy (non-hydrogen) atoms. The van der Waals surface area contributed by atoms with Crippen molar-refractivity contribution in [3.05, 3.63) is 64.7 Å². The highest BCUT2D eigenvalue weighted by atomic mass is 35.5. The fourth-order valence-corrected chi connectivity index (χ4v) is 3.59. The molecule has 8 nitrogen and oxygen atoms in total. The van der Waals surface area contributed by atoms with Gasteiger partial charge in [0.05, 0.1) is 12.1 Å². The second-order valence-electron chi connectivity index (χ2n) is 6.98. The van der Waals surface area contributed by atoms with Crippen LogP contribution in [0, 0.1) is 6.92 Å². The van der Waals surface area contributed by atoms with E-state index in [0.717, 1.165) is 11.1 Å². The summed E-state index contributed by atoms with van der Waals surface area (Å²) in [7, 11) is 0. The fraction of sp³-hybridized carbons (Fsp3) is 0.143. The number of aromatic nitrogens is 2. The number of carbonyl (C=O) groups is 3. The van der Waals surface area contributed by atoms with Crippen LogP contribution in [0.25, 0.3) is 11.3 Å². The van der Waals surface area contributed by atoms with Gasteiger partial charge in [-0.3, -0.25) is 14.4 Å². The Kier molecular flexibility index (Phi) is 5.01. The summed E-state index contributed by atoms with van der Waals surface area (Å²) in [6.07, 6.45) is -0.0473. The molecule has 0 aliphatic carbocycles. The average molecular weight is 424 g/mol. The number of primary amides is 1. The minimum atomic E-state index is -0.823. The van der Waals surface area contributed by atoms with E-state index in [1.807, 2.05) is 19.1 Å². The van der Waals surface area contributed by atoms with E-state index in [1.165, 1.54) is 16.8 Å². The van der Waals surface area contributed by atoms with Gasteiger partial charge in [0.15, 0.2) is 0 Å². The molecule has 1 aliphatic heterocycles. The van der Waals surface area contributed by atoms with Crippen LogP contribution in [0.5, 0.6) is 0 Å². The topological polar surface area (TPSA) is 119 Å². The van der Waals surface area contributed by atoms with Gasteiger partial charge in [-0.2, -0.15) is 5.10 Å². The zero-order chi connectivity index (χ0) is 21.4. The monoisotopic (exact) mass is 423 g/mol. The molecule has 3 aromatic rings. The van der Waals surface area contributed by atoms with E-state index >= 15 is 0 Å².